The first-order valence-corrected chi connectivity index (χ1v) is 6.20. The number of carbonyl (C=O) groups excluding carboxylic acids is 2. The fourth-order valence-corrected chi connectivity index (χ4v) is 2.14. The Morgan fingerprint density at radius 2 is 2.16 bits per heavy atom. The maximum Gasteiger partial charge on any atom is 0.410 e. The topological polar surface area (TPSA) is 55.8 Å². The molecule has 1 aliphatic rings. The van der Waals surface area contributed by atoms with E-state index in [1.807, 2.05) is 30.3 Å². The van der Waals surface area contributed by atoms with Crippen LogP contribution >= 0.6 is 0 Å². The predicted octanol–water partition coefficient (Wildman–Crippen LogP) is 1.61. The average Bonchev–Trinajstić information content (AvgIpc) is 2.89. The Morgan fingerprint density at radius 1 is 1.42 bits per heavy atom. The Balaban J connectivity index is 1.90. The first kappa shape index (κ1) is 13.5. The molecule has 0 aromatic heterocycles. The van der Waals surface area contributed by atoms with Crippen LogP contribution in [0.15, 0.2) is 30.3 Å². The van der Waals surface area contributed by atoms with Gasteiger partial charge in [0.15, 0.2) is 0 Å². The monoisotopic (exact) mass is 263 g/mol. The number of hydrogen-bond donors (Lipinski definition) is 0. The van der Waals surface area contributed by atoms with E-state index in [1.165, 1.54) is 4.90 Å². The van der Waals surface area contributed by atoms with Crippen LogP contribution in [0.1, 0.15) is 12.0 Å². The van der Waals surface area contributed by atoms with Crippen LogP contribution in [0.4, 0.5) is 4.79 Å². The summed E-state index contributed by atoms with van der Waals surface area (Å²) in [7, 11) is 1.57. The van der Waals surface area contributed by atoms with Gasteiger partial charge in [0, 0.05) is 13.5 Å². The number of nitrogens with zero attached hydrogens (tertiary/aromatic N) is 1. The van der Waals surface area contributed by atoms with Crippen LogP contribution < -0.4 is 0 Å². The van der Waals surface area contributed by atoms with Gasteiger partial charge in [0.1, 0.15) is 12.9 Å². The normalized spacial score (nSPS) is 22.3. The third kappa shape index (κ3) is 3.32. The number of ether oxygens (including phenoxy) is 2. The summed E-state index contributed by atoms with van der Waals surface area (Å²) < 4.78 is 10.4. The summed E-state index contributed by atoms with van der Waals surface area (Å²) in [4.78, 5) is 24.3. The smallest absolute Gasteiger partial charge is 0.410 e. The van der Waals surface area contributed by atoms with Crippen LogP contribution in [-0.4, -0.2) is 43.1 Å². The molecule has 1 heterocycles. The molecule has 5 heteroatoms. The molecule has 102 valence electrons. The van der Waals surface area contributed by atoms with E-state index in [4.69, 9.17) is 9.47 Å². The molecule has 0 radical (unpaired) electrons. The predicted molar refractivity (Wildman–Crippen MR) is 68.6 cm³/mol. The van der Waals surface area contributed by atoms with Crippen LogP contribution in [0, 0.1) is 0 Å². The van der Waals surface area contributed by atoms with Crippen molar-refractivity contribution in [2.75, 3.05) is 13.7 Å². The van der Waals surface area contributed by atoms with Gasteiger partial charge in [0.2, 0.25) is 0 Å². The summed E-state index contributed by atoms with van der Waals surface area (Å²) in [6.45, 7) is 0.604. The molecule has 0 bridgehead atoms. The van der Waals surface area contributed by atoms with Gasteiger partial charge >= 0.3 is 6.09 Å². The highest BCUT2D eigenvalue weighted by atomic mass is 16.6. The molecule has 2 atom stereocenters. The van der Waals surface area contributed by atoms with Gasteiger partial charge in [0.05, 0.1) is 18.7 Å². The van der Waals surface area contributed by atoms with Gasteiger partial charge in [-0.2, -0.15) is 0 Å². The number of benzene rings is 1. The standard InChI is InChI=1S/C14H17NO4/c1-18-13-7-12(9-16)15(8-13)14(17)19-10-11-5-3-2-4-6-11/h2-6,9,12-13H,7-8,10H2,1H3/t12-,13-/m0/s1. The van der Waals surface area contributed by atoms with Gasteiger partial charge in [-0.1, -0.05) is 30.3 Å². The molecule has 2 rings (SSSR count). The van der Waals surface area contributed by atoms with Crippen LogP contribution in [0.5, 0.6) is 0 Å². The number of methoxy groups -OCH3 is 1. The van der Waals surface area contributed by atoms with Crippen molar-refractivity contribution in [3.05, 3.63) is 35.9 Å². The Kier molecular flexibility index (Phi) is 4.52. The minimum absolute atomic E-state index is 0.0977. The van der Waals surface area contributed by atoms with E-state index in [2.05, 4.69) is 0 Å². The zero-order valence-electron chi connectivity index (χ0n) is 10.8. The van der Waals surface area contributed by atoms with Crippen molar-refractivity contribution in [2.45, 2.75) is 25.2 Å². The van der Waals surface area contributed by atoms with Crippen LogP contribution in [0.3, 0.4) is 0 Å². The molecule has 1 fully saturated rings. The lowest BCUT2D eigenvalue weighted by Crippen LogP contribution is -2.37. The molecule has 5 nitrogen and oxygen atoms in total. The number of rotatable bonds is 4. The fraction of sp³-hybridized carbons (Fsp3) is 0.429. The number of aldehydes is 1. The second-order valence-electron chi connectivity index (χ2n) is 4.49. The summed E-state index contributed by atoms with van der Waals surface area (Å²) in [6.07, 6.45) is 0.725. The van der Waals surface area contributed by atoms with Crippen molar-refractivity contribution in [1.82, 2.24) is 4.90 Å². The molecule has 1 saturated heterocycles. The Morgan fingerprint density at radius 3 is 2.79 bits per heavy atom. The highest BCUT2D eigenvalue weighted by molar-refractivity contribution is 5.74. The van der Waals surface area contributed by atoms with Crippen molar-refractivity contribution in [3.63, 3.8) is 0 Å². The van der Waals surface area contributed by atoms with Crippen molar-refractivity contribution in [1.29, 1.82) is 0 Å². The summed E-state index contributed by atoms with van der Waals surface area (Å²) in [6, 6.07) is 8.98. The molecule has 0 saturated carbocycles. The third-order valence-corrected chi connectivity index (χ3v) is 3.24. The minimum Gasteiger partial charge on any atom is -0.445 e. The Bertz CT molecular complexity index is 434. The minimum atomic E-state index is -0.472. The quantitative estimate of drug-likeness (QED) is 0.774. The molecule has 0 spiro atoms. The zero-order valence-corrected chi connectivity index (χ0v) is 10.8. The number of hydrogen-bond acceptors (Lipinski definition) is 4. The molecular weight excluding hydrogens is 246 g/mol. The number of amides is 1. The number of likely N-dealkylation sites (tertiary alicyclic amines) is 1. The van der Waals surface area contributed by atoms with Gasteiger partial charge in [-0.3, -0.25) is 4.90 Å². The third-order valence-electron chi connectivity index (χ3n) is 3.24. The van der Waals surface area contributed by atoms with Crippen LogP contribution in [0.25, 0.3) is 0 Å². The van der Waals surface area contributed by atoms with E-state index >= 15 is 0 Å². The van der Waals surface area contributed by atoms with E-state index in [-0.39, 0.29) is 12.7 Å². The summed E-state index contributed by atoms with van der Waals surface area (Å²) >= 11 is 0. The zero-order chi connectivity index (χ0) is 13.7. The maximum absolute atomic E-state index is 11.9. The number of carbonyl (C=O) groups is 2. The lowest BCUT2D eigenvalue weighted by atomic mass is 10.2. The molecule has 1 aromatic rings. The van der Waals surface area contributed by atoms with Crippen LogP contribution in [0.2, 0.25) is 0 Å². The van der Waals surface area contributed by atoms with E-state index in [0.29, 0.717) is 13.0 Å². The molecule has 1 aromatic carbocycles. The molecule has 0 N–H and O–H groups in total. The maximum atomic E-state index is 11.9. The highest BCUT2D eigenvalue weighted by Crippen LogP contribution is 2.19. The highest BCUT2D eigenvalue weighted by Gasteiger charge is 2.36. The SMILES string of the molecule is CO[C@H]1C[C@@H](C=O)N(C(=O)OCc2ccccc2)C1. The first-order chi connectivity index (χ1) is 9.24. The van der Waals surface area contributed by atoms with E-state index in [9.17, 15) is 9.59 Å². The molecule has 0 aliphatic carbocycles. The molecule has 1 aliphatic heterocycles. The summed E-state index contributed by atoms with van der Waals surface area (Å²) in [5.41, 5.74) is 0.918. The average molecular weight is 263 g/mol. The Hall–Kier alpha value is -1.88. The molecular formula is C14H17NO4. The lowest BCUT2D eigenvalue weighted by molar-refractivity contribution is -0.111. The van der Waals surface area contributed by atoms with Gasteiger partial charge < -0.3 is 14.3 Å². The van der Waals surface area contributed by atoms with Gasteiger partial charge in [-0.15, -0.1) is 0 Å². The van der Waals surface area contributed by atoms with Crippen molar-refractivity contribution in [3.8, 4) is 0 Å². The molecule has 0 unspecified atom stereocenters. The first-order valence-electron chi connectivity index (χ1n) is 6.20. The van der Waals surface area contributed by atoms with E-state index in [0.717, 1.165) is 11.8 Å². The van der Waals surface area contributed by atoms with Gasteiger partial charge in [-0.25, -0.2) is 4.79 Å². The molecule has 19 heavy (non-hydrogen) atoms. The van der Waals surface area contributed by atoms with Crippen molar-refractivity contribution in [2.24, 2.45) is 0 Å². The van der Waals surface area contributed by atoms with Crippen LogP contribution in [-0.2, 0) is 20.9 Å². The largest absolute Gasteiger partial charge is 0.445 e. The van der Waals surface area contributed by atoms with Crippen molar-refractivity contribution < 1.29 is 19.1 Å². The second kappa shape index (κ2) is 6.33. The summed E-state index contributed by atoms with van der Waals surface area (Å²) in [5.74, 6) is 0. The van der Waals surface area contributed by atoms with Gasteiger partial charge in [0.25, 0.3) is 0 Å². The molecule has 1 amide bonds. The Labute approximate surface area is 112 Å². The lowest BCUT2D eigenvalue weighted by Gasteiger charge is -2.19. The second-order valence-corrected chi connectivity index (χ2v) is 4.49. The van der Waals surface area contributed by atoms with E-state index in [1.54, 1.807) is 7.11 Å². The summed E-state index contributed by atoms with van der Waals surface area (Å²) in [5, 5.41) is 0. The van der Waals surface area contributed by atoms with Crippen molar-refractivity contribution >= 4 is 12.4 Å². The fourth-order valence-electron chi connectivity index (χ4n) is 2.14. The van der Waals surface area contributed by atoms with Gasteiger partial charge in [-0.05, 0) is 5.56 Å². The van der Waals surface area contributed by atoms with E-state index < -0.39 is 12.1 Å².